The van der Waals surface area contributed by atoms with Crippen molar-refractivity contribution in [2.45, 2.75) is 19.4 Å². The smallest absolute Gasteiger partial charge is 0.121 e. The quantitative estimate of drug-likeness (QED) is 0.797. The summed E-state index contributed by atoms with van der Waals surface area (Å²) in [5, 5.41) is 0. The Kier molecular flexibility index (Phi) is 3.15. The van der Waals surface area contributed by atoms with Gasteiger partial charge in [0, 0.05) is 19.2 Å². The van der Waals surface area contributed by atoms with Crippen molar-refractivity contribution in [3.8, 4) is 5.75 Å². The summed E-state index contributed by atoms with van der Waals surface area (Å²) in [5.74, 6) is 0.832. The van der Waals surface area contributed by atoms with Crippen LogP contribution in [0.5, 0.6) is 5.75 Å². The first-order valence-corrected chi connectivity index (χ1v) is 5.84. The molecule has 0 spiro atoms. The summed E-state index contributed by atoms with van der Waals surface area (Å²) in [6, 6.07) is 5.75. The maximum atomic E-state index is 6.03. The van der Waals surface area contributed by atoms with Gasteiger partial charge in [0.25, 0.3) is 0 Å². The Morgan fingerprint density at radius 1 is 1.41 bits per heavy atom. The average molecular weight is 236 g/mol. The van der Waals surface area contributed by atoms with E-state index in [4.69, 9.17) is 15.2 Å². The number of hydrogen-bond donors (Lipinski definition) is 1. The molecule has 0 unspecified atom stereocenters. The third kappa shape index (κ3) is 2.64. The predicted molar refractivity (Wildman–Crippen MR) is 69.7 cm³/mol. The second-order valence-corrected chi connectivity index (χ2v) is 4.95. The molecule has 1 saturated heterocycles. The molecule has 4 nitrogen and oxygen atoms in total. The van der Waals surface area contributed by atoms with E-state index < -0.39 is 0 Å². The van der Waals surface area contributed by atoms with Crippen LogP contribution in [0.2, 0.25) is 0 Å². The van der Waals surface area contributed by atoms with Gasteiger partial charge in [-0.3, -0.25) is 0 Å². The van der Waals surface area contributed by atoms with Gasteiger partial charge in [0.15, 0.2) is 0 Å². The Balaban J connectivity index is 2.26. The average Bonchev–Trinajstić information content (AvgIpc) is 2.28. The molecule has 1 aromatic carbocycles. The minimum Gasteiger partial charge on any atom is -0.497 e. The third-order valence-electron chi connectivity index (χ3n) is 3.00. The van der Waals surface area contributed by atoms with Gasteiger partial charge < -0.3 is 20.1 Å². The maximum absolute atomic E-state index is 6.03. The van der Waals surface area contributed by atoms with Crippen molar-refractivity contribution in [3.05, 3.63) is 18.2 Å². The number of anilines is 2. The summed E-state index contributed by atoms with van der Waals surface area (Å²) in [5.41, 5.74) is 7.70. The predicted octanol–water partition coefficient (Wildman–Crippen LogP) is 1.89. The summed E-state index contributed by atoms with van der Waals surface area (Å²) in [7, 11) is 1.67. The second kappa shape index (κ2) is 4.45. The Hall–Kier alpha value is -1.42. The number of nitrogens with two attached hydrogens (primary N) is 1. The van der Waals surface area contributed by atoms with Crippen molar-refractivity contribution in [2.24, 2.45) is 0 Å². The van der Waals surface area contributed by atoms with Gasteiger partial charge in [-0.1, -0.05) is 0 Å². The van der Waals surface area contributed by atoms with E-state index in [0.29, 0.717) is 0 Å². The molecule has 4 heteroatoms. The summed E-state index contributed by atoms with van der Waals surface area (Å²) in [6.45, 7) is 6.61. The first kappa shape index (κ1) is 12.0. The lowest BCUT2D eigenvalue weighted by atomic mass is 10.1. The van der Waals surface area contributed by atoms with Crippen LogP contribution in [0.25, 0.3) is 0 Å². The Morgan fingerprint density at radius 3 is 2.82 bits per heavy atom. The van der Waals surface area contributed by atoms with Crippen LogP contribution in [0.4, 0.5) is 11.4 Å². The molecule has 0 aliphatic carbocycles. The Labute approximate surface area is 102 Å². The van der Waals surface area contributed by atoms with Gasteiger partial charge in [-0.25, -0.2) is 0 Å². The highest BCUT2D eigenvalue weighted by Crippen LogP contribution is 2.31. The summed E-state index contributed by atoms with van der Waals surface area (Å²) in [6.07, 6.45) is 0. The molecule has 94 valence electrons. The van der Waals surface area contributed by atoms with Gasteiger partial charge in [-0.2, -0.15) is 0 Å². The van der Waals surface area contributed by atoms with E-state index in [0.717, 1.165) is 36.8 Å². The molecule has 17 heavy (non-hydrogen) atoms. The normalized spacial score (nSPS) is 19.1. The van der Waals surface area contributed by atoms with Crippen LogP contribution >= 0.6 is 0 Å². The number of rotatable bonds is 2. The fourth-order valence-electron chi connectivity index (χ4n) is 2.15. The highest BCUT2D eigenvalue weighted by Gasteiger charge is 2.28. The topological polar surface area (TPSA) is 47.7 Å². The van der Waals surface area contributed by atoms with E-state index in [1.54, 1.807) is 7.11 Å². The van der Waals surface area contributed by atoms with Crippen LogP contribution in [-0.2, 0) is 4.74 Å². The lowest BCUT2D eigenvalue weighted by molar-refractivity contribution is -0.0276. The van der Waals surface area contributed by atoms with E-state index in [1.807, 2.05) is 18.2 Å². The highest BCUT2D eigenvalue weighted by molar-refractivity contribution is 5.70. The molecule has 1 heterocycles. The lowest BCUT2D eigenvalue weighted by Gasteiger charge is -2.39. The highest BCUT2D eigenvalue weighted by atomic mass is 16.5. The first-order chi connectivity index (χ1) is 8.02. The Morgan fingerprint density at radius 2 is 2.18 bits per heavy atom. The zero-order chi connectivity index (χ0) is 12.5. The summed E-state index contributed by atoms with van der Waals surface area (Å²) < 4.78 is 10.9. The minimum absolute atomic E-state index is 0.131. The Bertz CT molecular complexity index is 404. The number of methoxy groups -OCH3 is 1. The number of hydrogen-bond acceptors (Lipinski definition) is 4. The molecular weight excluding hydrogens is 216 g/mol. The molecule has 0 amide bonds. The van der Waals surface area contributed by atoms with Gasteiger partial charge >= 0.3 is 0 Å². The fourth-order valence-corrected chi connectivity index (χ4v) is 2.15. The molecule has 0 bridgehead atoms. The van der Waals surface area contributed by atoms with Gasteiger partial charge in [0.05, 0.1) is 30.7 Å². The minimum atomic E-state index is -0.131. The van der Waals surface area contributed by atoms with E-state index in [2.05, 4.69) is 18.7 Å². The molecule has 1 aromatic rings. The van der Waals surface area contributed by atoms with Crippen molar-refractivity contribution >= 4 is 11.4 Å². The van der Waals surface area contributed by atoms with Gasteiger partial charge in [-0.15, -0.1) is 0 Å². The van der Waals surface area contributed by atoms with Gasteiger partial charge in [0.2, 0.25) is 0 Å². The van der Waals surface area contributed by atoms with Crippen LogP contribution in [0.1, 0.15) is 13.8 Å². The van der Waals surface area contributed by atoms with Crippen molar-refractivity contribution in [2.75, 3.05) is 37.4 Å². The zero-order valence-electron chi connectivity index (χ0n) is 10.7. The SMILES string of the molecule is COc1ccc(N)c(N2CCOC(C)(C)C2)c1. The molecule has 1 aliphatic heterocycles. The van der Waals surface area contributed by atoms with Crippen LogP contribution in [0.15, 0.2) is 18.2 Å². The largest absolute Gasteiger partial charge is 0.497 e. The molecule has 2 N–H and O–H groups in total. The molecule has 0 radical (unpaired) electrons. The second-order valence-electron chi connectivity index (χ2n) is 4.95. The molecule has 0 atom stereocenters. The van der Waals surface area contributed by atoms with E-state index in [-0.39, 0.29) is 5.60 Å². The first-order valence-electron chi connectivity index (χ1n) is 5.84. The molecule has 1 fully saturated rings. The lowest BCUT2D eigenvalue weighted by Crippen LogP contribution is -2.48. The number of morpholine rings is 1. The number of nitrogens with zero attached hydrogens (tertiary/aromatic N) is 1. The standard InChI is InChI=1S/C13H20N2O2/c1-13(2)9-15(6-7-17-13)12-8-10(16-3)4-5-11(12)14/h4-5,8H,6-7,9,14H2,1-3H3. The number of benzene rings is 1. The van der Waals surface area contributed by atoms with Crippen LogP contribution in [-0.4, -0.2) is 32.4 Å². The molecular formula is C13H20N2O2. The third-order valence-corrected chi connectivity index (χ3v) is 3.00. The molecule has 0 aromatic heterocycles. The van der Waals surface area contributed by atoms with Crippen molar-refractivity contribution in [1.82, 2.24) is 0 Å². The number of nitrogen functional groups attached to an aromatic ring is 1. The zero-order valence-corrected chi connectivity index (χ0v) is 10.7. The van der Waals surface area contributed by atoms with Gasteiger partial charge in [-0.05, 0) is 26.0 Å². The van der Waals surface area contributed by atoms with E-state index in [1.165, 1.54) is 0 Å². The monoisotopic (exact) mass is 236 g/mol. The summed E-state index contributed by atoms with van der Waals surface area (Å²) >= 11 is 0. The van der Waals surface area contributed by atoms with Gasteiger partial charge in [0.1, 0.15) is 5.75 Å². The number of ether oxygens (including phenoxy) is 2. The molecule has 0 saturated carbocycles. The maximum Gasteiger partial charge on any atom is 0.121 e. The fraction of sp³-hybridized carbons (Fsp3) is 0.538. The van der Waals surface area contributed by atoms with Crippen LogP contribution in [0, 0.1) is 0 Å². The van der Waals surface area contributed by atoms with Crippen molar-refractivity contribution in [3.63, 3.8) is 0 Å². The van der Waals surface area contributed by atoms with E-state index in [9.17, 15) is 0 Å². The van der Waals surface area contributed by atoms with Crippen molar-refractivity contribution < 1.29 is 9.47 Å². The van der Waals surface area contributed by atoms with Crippen LogP contribution in [0.3, 0.4) is 0 Å². The molecule has 2 rings (SSSR count). The summed E-state index contributed by atoms with van der Waals surface area (Å²) in [4.78, 5) is 2.25. The molecule has 1 aliphatic rings. The van der Waals surface area contributed by atoms with Crippen LogP contribution < -0.4 is 15.4 Å². The van der Waals surface area contributed by atoms with E-state index >= 15 is 0 Å². The van der Waals surface area contributed by atoms with Crippen molar-refractivity contribution in [1.29, 1.82) is 0 Å².